The number of anilines is 2. The first-order valence-corrected chi connectivity index (χ1v) is 9.81. The third-order valence-corrected chi connectivity index (χ3v) is 5.30. The van der Waals surface area contributed by atoms with Crippen molar-refractivity contribution in [2.24, 2.45) is 0 Å². The molecule has 29 heavy (non-hydrogen) atoms. The van der Waals surface area contributed by atoms with Gasteiger partial charge in [-0.25, -0.2) is 0 Å². The molecule has 1 atom stereocenters. The van der Waals surface area contributed by atoms with E-state index in [4.69, 9.17) is 10.3 Å². The van der Waals surface area contributed by atoms with Gasteiger partial charge in [0.2, 0.25) is 0 Å². The molecule has 6 heteroatoms. The maximum atomic E-state index is 6.32. The fourth-order valence-electron chi connectivity index (χ4n) is 3.78. The standard InChI is InChI=1S/C23H25N5O/c1-5-16-10-18-21(11-17(16)22-14(3)28-29-15(22)4)26-12-19(24)23(18)27-13(2)20-8-6-7-9-25-20/h6-13H,5,24H2,1-4H3,(H,26,27)/t13-/m1/s1. The number of nitrogens with two attached hydrogens (primary N) is 1. The van der Waals surface area contributed by atoms with Gasteiger partial charge in [0, 0.05) is 17.1 Å². The van der Waals surface area contributed by atoms with Crippen LogP contribution in [-0.2, 0) is 6.42 Å². The first kappa shape index (κ1) is 18.9. The predicted molar refractivity (Wildman–Crippen MR) is 117 cm³/mol. The Hall–Kier alpha value is -3.41. The van der Waals surface area contributed by atoms with E-state index >= 15 is 0 Å². The smallest absolute Gasteiger partial charge is 0.141 e. The Bertz CT molecular complexity index is 1150. The van der Waals surface area contributed by atoms with E-state index in [9.17, 15) is 0 Å². The van der Waals surface area contributed by atoms with E-state index in [-0.39, 0.29) is 6.04 Å². The molecule has 0 amide bonds. The first-order valence-electron chi connectivity index (χ1n) is 9.81. The molecular formula is C23H25N5O. The molecule has 0 saturated carbocycles. The number of nitrogens with one attached hydrogen (secondary N) is 1. The number of fused-ring (bicyclic) bond motifs is 1. The average Bonchev–Trinajstić information content (AvgIpc) is 3.07. The molecule has 0 spiro atoms. The fourth-order valence-corrected chi connectivity index (χ4v) is 3.78. The van der Waals surface area contributed by atoms with Crippen molar-refractivity contribution < 1.29 is 4.52 Å². The van der Waals surface area contributed by atoms with E-state index in [0.29, 0.717) is 5.69 Å². The zero-order valence-corrected chi connectivity index (χ0v) is 17.2. The number of aromatic nitrogens is 3. The molecule has 0 bridgehead atoms. The molecule has 0 unspecified atom stereocenters. The lowest BCUT2D eigenvalue weighted by Gasteiger charge is -2.19. The molecule has 0 aliphatic carbocycles. The van der Waals surface area contributed by atoms with Gasteiger partial charge in [0.05, 0.1) is 40.5 Å². The number of pyridine rings is 2. The molecular weight excluding hydrogens is 362 g/mol. The van der Waals surface area contributed by atoms with E-state index in [1.165, 1.54) is 5.56 Å². The average molecular weight is 387 g/mol. The molecule has 0 aliphatic rings. The van der Waals surface area contributed by atoms with Gasteiger partial charge in [0.25, 0.3) is 0 Å². The molecule has 0 radical (unpaired) electrons. The molecule has 148 valence electrons. The van der Waals surface area contributed by atoms with Crippen LogP contribution in [0.15, 0.2) is 47.2 Å². The van der Waals surface area contributed by atoms with Gasteiger partial charge in [-0.2, -0.15) is 0 Å². The lowest BCUT2D eigenvalue weighted by Crippen LogP contribution is -2.10. The van der Waals surface area contributed by atoms with Crippen molar-refractivity contribution in [3.8, 4) is 11.1 Å². The van der Waals surface area contributed by atoms with Gasteiger partial charge in [-0.15, -0.1) is 0 Å². The molecule has 4 rings (SSSR count). The molecule has 0 fully saturated rings. The largest absolute Gasteiger partial charge is 0.396 e. The highest BCUT2D eigenvalue weighted by Crippen LogP contribution is 2.37. The van der Waals surface area contributed by atoms with Crippen LogP contribution in [0.3, 0.4) is 0 Å². The molecule has 3 N–H and O–H groups in total. The minimum Gasteiger partial charge on any atom is -0.396 e. The molecule has 3 heterocycles. The van der Waals surface area contributed by atoms with Crippen LogP contribution in [0.2, 0.25) is 0 Å². The lowest BCUT2D eigenvalue weighted by atomic mass is 9.94. The summed E-state index contributed by atoms with van der Waals surface area (Å²) in [5.74, 6) is 0.814. The van der Waals surface area contributed by atoms with E-state index in [2.05, 4.69) is 46.4 Å². The fraction of sp³-hybridized carbons (Fsp3) is 0.261. The predicted octanol–water partition coefficient (Wildman–Crippen LogP) is 5.22. The van der Waals surface area contributed by atoms with Gasteiger partial charge >= 0.3 is 0 Å². The van der Waals surface area contributed by atoms with Crippen LogP contribution < -0.4 is 11.1 Å². The van der Waals surface area contributed by atoms with Crippen LogP contribution in [0.1, 0.15) is 42.6 Å². The molecule has 4 aromatic rings. The molecule has 0 saturated heterocycles. The van der Waals surface area contributed by atoms with Gasteiger partial charge < -0.3 is 15.6 Å². The minimum atomic E-state index is 0.0106. The van der Waals surface area contributed by atoms with Crippen LogP contribution in [0.4, 0.5) is 11.4 Å². The summed E-state index contributed by atoms with van der Waals surface area (Å²) >= 11 is 0. The third kappa shape index (κ3) is 3.42. The van der Waals surface area contributed by atoms with Crippen LogP contribution in [0.5, 0.6) is 0 Å². The zero-order chi connectivity index (χ0) is 20.5. The quantitative estimate of drug-likeness (QED) is 0.488. The lowest BCUT2D eigenvalue weighted by molar-refractivity contribution is 0.393. The second-order valence-corrected chi connectivity index (χ2v) is 7.29. The highest BCUT2D eigenvalue weighted by Gasteiger charge is 2.18. The van der Waals surface area contributed by atoms with E-state index in [1.807, 2.05) is 32.0 Å². The van der Waals surface area contributed by atoms with Crippen molar-refractivity contribution in [2.45, 2.75) is 40.2 Å². The number of nitrogen functional groups attached to an aromatic ring is 1. The molecule has 6 nitrogen and oxygen atoms in total. The summed E-state index contributed by atoms with van der Waals surface area (Å²) in [6, 6.07) is 10.2. The van der Waals surface area contributed by atoms with Crippen LogP contribution in [0, 0.1) is 13.8 Å². The molecule has 3 aromatic heterocycles. The van der Waals surface area contributed by atoms with Crippen molar-refractivity contribution >= 4 is 22.3 Å². The number of benzene rings is 1. The van der Waals surface area contributed by atoms with E-state index < -0.39 is 0 Å². The van der Waals surface area contributed by atoms with Crippen molar-refractivity contribution in [3.63, 3.8) is 0 Å². The maximum absolute atomic E-state index is 6.32. The van der Waals surface area contributed by atoms with Crippen molar-refractivity contribution in [1.82, 2.24) is 15.1 Å². The first-order chi connectivity index (χ1) is 14.0. The van der Waals surface area contributed by atoms with Gasteiger partial charge in [-0.1, -0.05) is 18.1 Å². The summed E-state index contributed by atoms with van der Waals surface area (Å²) in [6.07, 6.45) is 4.38. The monoisotopic (exact) mass is 387 g/mol. The molecule has 1 aromatic carbocycles. The number of aryl methyl sites for hydroxylation is 3. The van der Waals surface area contributed by atoms with E-state index in [1.54, 1.807) is 12.4 Å². The Morgan fingerprint density at radius 2 is 2.00 bits per heavy atom. The summed E-state index contributed by atoms with van der Waals surface area (Å²) in [7, 11) is 0. The second kappa shape index (κ2) is 7.54. The zero-order valence-electron chi connectivity index (χ0n) is 17.2. The topological polar surface area (TPSA) is 89.9 Å². The van der Waals surface area contributed by atoms with Crippen LogP contribution in [0.25, 0.3) is 22.0 Å². The minimum absolute atomic E-state index is 0.0106. The van der Waals surface area contributed by atoms with Crippen molar-refractivity contribution in [1.29, 1.82) is 0 Å². The summed E-state index contributed by atoms with van der Waals surface area (Å²) < 4.78 is 5.40. The summed E-state index contributed by atoms with van der Waals surface area (Å²) in [4.78, 5) is 9.04. The van der Waals surface area contributed by atoms with Gasteiger partial charge in [0.15, 0.2) is 0 Å². The number of rotatable bonds is 5. The summed E-state index contributed by atoms with van der Waals surface area (Å²) in [5, 5.41) is 8.66. The number of hydrogen-bond acceptors (Lipinski definition) is 6. The Balaban J connectivity index is 1.85. The van der Waals surface area contributed by atoms with Crippen LogP contribution >= 0.6 is 0 Å². The Kier molecular flexibility index (Phi) is 4.92. The molecule has 0 aliphatic heterocycles. The second-order valence-electron chi connectivity index (χ2n) is 7.29. The Morgan fingerprint density at radius 3 is 2.66 bits per heavy atom. The Morgan fingerprint density at radius 1 is 1.17 bits per heavy atom. The highest BCUT2D eigenvalue weighted by atomic mass is 16.5. The third-order valence-electron chi connectivity index (χ3n) is 5.30. The number of hydrogen-bond donors (Lipinski definition) is 2. The maximum Gasteiger partial charge on any atom is 0.141 e. The summed E-state index contributed by atoms with van der Waals surface area (Å²) in [6.45, 7) is 8.13. The van der Waals surface area contributed by atoms with E-state index in [0.717, 1.165) is 51.3 Å². The number of nitrogens with zero attached hydrogens (tertiary/aromatic N) is 3. The van der Waals surface area contributed by atoms with Gasteiger partial charge in [-0.3, -0.25) is 9.97 Å². The van der Waals surface area contributed by atoms with Crippen molar-refractivity contribution in [2.75, 3.05) is 11.1 Å². The SMILES string of the molecule is CCc1cc2c(N[C@H](C)c3ccccn3)c(N)cnc2cc1-c1c(C)noc1C. The normalized spacial score (nSPS) is 12.3. The highest BCUT2D eigenvalue weighted by molar-refractivity contribution is 6.00. The van der Waals surface area contributed by atoms with Crippen molar-refractivity contribution in [3.05, 3.63) is 65.4 Å². The van der Waals surface area contributed by atoms with Gasteiger partial charge in [0.1, 0.15) is 5.76 Å². The van der Waals surface area contributed by atoms with Gasteiger partial charge in [-0.05, 0) is 62.6 Å². The Labute approximate surface area is 170 Å². The summed E-state index contributed by atoms with van der Waals surface area (Å²) in [5.41, 5.74) is 13.9. The van der Waals surface area contributed by atoms with Crippen LogP contribution in [-0.4, -0.2) is 15.1 Å².